The summed E-state index contributed by atoms with van der Waals surface area (Å²) in [6.07, 6.45) is 20.9. The van der Waals surface area contributed by atoms with E-state index in [-0.39, 0.29) is 5.41 Å². The molecule has 0 saturated carbocycles. The van der Waals surface area contributed by atoms with Crippen LogP contribution < -0.4 is 9.80 Å². The topological polar surface area (TPSA) is 6.48 Å². The van der Waals surface area contributed by atoms with Crippen molar-refractivity contribution in [3.63, 3.8) is 0 Å². The summed E-state index contributed by atoms with van der Waals surface area (Å²) in [6, 6.07) is 42.9. The zero-order valence-corrected chi connectivity index (χ0v) is 29.6. The lowest BCUT2D eigenvalue weighted by molar-refractivity contribution is 0.660. The van der Waals surface area contributed by atoms with E-state index in [0.717, 1.165) is 19.3 Å². The maximum atomic E-state index is 2.47. The van der Waals surface area contributed by atoms with E-state index in [2.05, 4.69) is 195 Å². The summed E-state index contributed by atoms with van der Waals surface area (Å²) in [5.41, 5.74) is 19.3. The Morgan fingerprint density at radius 2 is 1.35 bits per heavy atom. The van der Waals surface area contributed by atoms with Crippen LogP contribution in [0.5, 0.6) is 0 Å². The first-order chi connectivity index (χ1) is 25.0. The molecule has 0 amide bonds. The highest BCUT2D eigenvalue weighted by Gasteiger charge is 2.36. The Balaban J connectivity index is 1.09. The Bertz CT molecular complexity index is 2360. The summed E-state index contributed by atoms with van der Waals surface area (Å²) in [4.78, 5) is 4.81. The van der Waals surface area contributed by atoms with Crippen LogP contribution in [0.25, 0.3) is 33.4 Å². The maximum absolute atomic E-state index is 2.47. The highest BCUT2D eigenvalue weighted by atomic mass is 15.2. The second kappa shape index (κ2) is 12.5. The molecule has 0 fully saturated rings. The quantitative estimate of drug-likeness (QED) is 0.164. The van der Waals surface area contributed by atoms with Gasteiger partial charge in [-0.2, -0.15) is 0 Å². The Morgan fingerprint density at radius 3 is 2.14 bits per heavy atom. The Morgan fingerprint density at radius 1 is 0.588 bits per heavy atom. The number of benzene rings is 5. The largest absolute Gasteiger partial charge is 0.347 e. The fourth-order valence-electron chi connectivity index (χ4n) is 8.37. The molecule has 4 aliphatic carbocycles. The lowest BCUT2D eigenvalue weighted by Gasteiger charge is -2.29. The minimum absolute atomic E-state index is 0.0678. The third kappa shape index (κ3) is 5.43. The van der Waals surface area contributed by atoms with Gasteiger partial charge in [-0.3, -0.25) is 0 Å². The van der Waals surface area contributed by atoms with Gasteiger partial charge in [0, 0.05) is 59.3 Å². The van der Waals surface area contributed by atoms with Gasteiger partial charge in [0.05, 0.1) is 0 Å². The van der Waals surface area contributed by atoms with Gasteiger partial charge in [-0.05, 0) is 105 Å². The van der Waals surface area contributed by atoms with Crippen molar-refractivity contribution in [2.24, 2.45) is 0 Å². The summed E-state index contributed by atoms with van der Waals surface area (Å²) in [5.74, 6) is 0. The minimum Gasteiger partial charge on any atom is -0.347 e. The predicted molar refractivity (Wildman–Crippen MR) is 217 cm³/mol. The smallest absolute Gasteiger partial charge is 0.0485 e. The van der Waals surface area contributed by atoms with Gasteiger partial charge in [-0.25, -0.2) is 0 Å². The van der Waals surface area contributed by atoms with Gasteiger partial charge in [-0.15, -0.1) is 0 Å². The Labute approximate surface area is 302 Å². The third-order valence-corrected chi connectivity index (χ3v) is 11.2. The summed E-state index contributed by atoms with van der Waals surface area (Å²) >= 11 is 0. The maximum Gasteiger partial charge on any atom is 0.0485 e. The van der Waals surface area contributed by atoms with Crippen LogP contribution in [0.3, 0.4) is 0 Å². The van der Waals surface area contributed by atoms with Crippen molar-refractivity contribution in [2.75, 3.05) is 16.8 Å². The van der Waals surface area contributed by atoms with E-state index in [4.69, 9.17) is 0 Å². The molecule has 0 saturated heterocycles. The van der Waals surface area contributed by atoms with E-state index in [9.17, 15) is 0 Å². The number of fused-ring (bicyclic) bond motifs is 3. The summed E-state index contributed by atoms with van der Waals surface area (Å²) in [7, 11) is 2.19. The van der Waals surface area contributed by atoms with Crippen LogP contribution in [0.15, 0.2) is 175 Å². The molecule has 0 aliphatic heterocycles. The first kappa shape index (κ1) is 31.1. The highest BCUT2D eigenvalue weighted by Crippen LogP contribution is 2.51. The molecule has 2 nitrogen and oxygen atoms in total. The standard InChI is InChI=1S/C49H42N2/c1-49(2)46-20-12-11-19-43(46)44-29-28-42(33-47(44)49)51(41-27-23-37(31-41)34-13-5-4-6-14-34)40-25-21-35(22-26-40)38-24-30-48(50(3)39-17-9-10-18-39)45(32-38)36-15-7-8-16-36/h4-7,9-17,19-30,32-33H,8,18,31H2,1-3H3. The Kier molecular flexibility index (Phi) is 7.62. The second-order valence-corrected chi connectivity index (χ2v) is 14.6. The third-order valence-electron chi connectivity index (χ3n) is 11.2. The molecule has 0 spiro atoms. The average Bonchev–Trinajstić information content (AvgIpc) is 4.01. The molecule has 2 heteroatoms. The molecule has 0 aromatic heterocycles. The number of anilines is 3. The van der Waals surface area contributed by atoms with Crippen molar-refractivity contribution in [3.8, 4) is 22.3 Å². The van der Waals surface area contributed by atoms with Crippen molar-refractivity contribution in [3.05, 3.63) is 198 Å². The summed E-state index contributed by atoms with van der Waals surface area (Å²) < 4.78 is 0. The summed E-state index contributed by atoms with van der Waals surface area (Å²) in [5, 5.41) is 0. The van der Waals surface area contributed by atoms with Crippen molar-refractivity contribution in [2.45, 2.75) is 38.5 Å². The molecule has 0 bridgehead atoms. The zero-order chi connectivity index (χ0) is 34.5. The highest BCUT2D eigenvalue weighted by molar-refractivity contribution is 5.89. The van der Waals surface area contributed by atoms with Gasteiger partial charge in [-0.1, -0.05) is 129 Å². The van der Waals surface area contributed by atoms with Crippen LogP contribution in [0.1, 0.15) is 55.4 Å². The van der Waals surface area contributed by atoms with Crippen LogP contribution in [0, 0.1) is 0 Å². The number of allylic oxidation sites excluding steroid dienone is 10. The van der Waals surface area contributed by atoms with Crippen molar-refractivity contribution in [1.82, 2.24) is 0 Å². The van der Waals surface area contributed by atoms with Gasteiger partial charge < -0.3 is 9.80 Å². The van der Waals surface area contributed by atoms with Crippen LogP contribution in [-0.2, 0) is 5.41 Å². The lowest BCUT2D eigenvalue weighted by Crippen LogP contribution is -2.18. The van der Waals surface area contributed by atoms with Crippen molar-refractivity contribution in [1.29, 1.82) is 0 Å². The normalized spacial score (nSPS) is 16.4. The monoisotopic (exact) mass is 658 g/mol. The van der Waals surface area contributed by atoms with E-state index >= 15 is 0 Å². The van der Waals surface area contributed by atoms with Crippen LogP contribution >= 0.6 is 0 Å². The van der Waals surface area contributed by atoms with Crippen molar-refractivity contribution >= 4 is 28.2 Å². The molecule has 51 heavy (non-hydrogen) atoms. The number of nitrogens with zero attached hydrogens (tertiary/aromatic N) is 2. The van der Waals surface area contributed by atoms with E-state index in [1.165, 1.54) is 84.1 Å². The molecular formula is C49H42N2. The molecule has 4 aliphatic rings. The second-order valence-electron chi connectivity index (χ2n) is 14.6. The van der Waals surface area contributed by atoms with Crippen LogP contribution in [0.4, 0.5) is 17.1 Å². The van der Waals surface area contributed by atoms with Crippen molar-refractivity contribution < 1.29 is 0 Å². The average molecular weight is 659 g/mol. The van der Waals surface area contributed by atoms with Gasteiger partial charge in [0.1, 0.15) is 0 Å². The summed E-state index contributed by atoms with van der Waals surface area (Å²) in [6.45, 7) is 4.72. The molecule has 0 atom stereocenters. The van der Waals surface area contributed by atoms with Gasteiger partial charge in [0.25, 0.3) is 0 Å². The molecular weight excluding hydrogens is 617 g/mol. The van der Waals surface area contributed by atoms with Gasteiger partial charge >= 0.3 is 0 Å². The molecule has 0 N–H and O–H groups in total. The van der Waals surface area contributed by atoms with Crippen LogP contribution in [0.2, 0.25) is 0 Å². The predicted octanol–water partition coefficient (Wildman–Crippen LogP) is 12.8. The fourth-order valence-corrected chi connectivity index (χ4v) is 8.37. The first-order valence-electron chi connectivity index (χ1n) is 18.2. The first-order valence-corrected chi connectivity index (χ1v) is 18.2. The van der Waals surface area contributed by atoms with E-state index in [1.807, 2.05) is 0 Å². The lowest BCUT2D eigenvalue weighted by atomic mass is 9.82. The molecule has 9 rings (SSSR count). The number of rotatable bonds is 8. The van der Waals surface area contributed by atoms with E-state index in [1.54, 1.807) is 0 Å². The molecule has 0 radical (unpaired) electrons. The molecule has 248 valence electrons. The van der Waals surface area contributed by atoms with Crippen LogP contribution in [-0.4, -0.2) is 7.05 Å². The van der Waals surface area contributed by atoms with E-state index in [0.29, 0.717) is 0 Å². The fraction of sp³-hybridized carbons (Fsp3) is 0.143. The molecule has 0 unspecified atom stereocenters. The molecule has 5 aromatic carbocycles. The number of hydrogen-bond donors (Lipinski definition) is 0. The van der Waals surface area contributed by atoms with Gasteiger partial charge in [0.15, 0.2) is 0 Å². The minimum atomic E-state index is -0.0678. The zero-order valence-electron chi connectivity index (χ0n) is 29.6. The Hall–Kier alpha value is -5.86. The SMILES string of the molecule is CN(C1=CC=CC1)c1ccc(-c2ccc(N(C3=CC=C(c4ccccc4)C3)c3ccc4c(c3)C(C)(C)c3ccccc3-4)cc2)cc1C1=CCC=C1. The molecule has 0 heterocycles. The van der Waals surface area contributed by atoms with Gasteiger partial charge in [0.2, 0.25) is 0 Å². The van der Waals surface area contributed by atoms with E-state index < -0.39 is 0 Å². The molecule has 5 aromatic rings. The number of hydrogen-bond acceptors (Lipinski definition) is 2.